The minimum atomic E-state index is -1.32. The van der Waals surface area contributed by atoms with Gasteiger partial charge < -0.3 is 10.2 Å². The highest BCUT2D eigenvalue weighted by Gasteiger charge is 2.33. The molecule has 2 aromatic rings. The third kappa shape index (κ3) is 3.58. The van der Waals surface area contributed by atoms with Crippen molar-refractivity contribution in [1.82, 2.24) is 0 Å². The van der Waals surface area contributed by atoms with Crippen LogP contribution in [0.4, 0.5) is 4.39 Å². The molecule has 0 saturated heterocycles. The fraction of sp³-hybridized carbons (Fsp3) is 0.316. The second-order valence-electron chi connectivity index (χ2n) is 5.61. The number of aliphatic hydroxyl groups excluding tert-OH is 1. The molecule has 2 N–H and O–H groups in total. The number of nitrogens with zero attached hydrogens (tertiary/aromatic N) is 1. The van der Waals surface area contributed by atoms with Crippen molar-refractivity contribution in [3.05, 3.63) is 70.5 Å². The summed E-state index contributed by atoms with van der Waals surface area (Å²) in [6.07, 6.45) is 2.13. The van der Waals surface area contributed by atoms with Gasteiger partial charge in [-0.1, -0.05) is 38.0 Å². The van der Waals surface area contributed by atoms with Gasteiger partial charge in [0.1, 0.15) is 11.4 Å². The average Bonchev–Trinajstić information content (AvgIpc) is 2.59. The Bertz CT molecular complexity index is 706. The topological polar surface area (TPSA) is 64.2 Å². The second-order valence-corrected chi connectivity index (χ2v) is 5.61. The summed E-state index contributed by atoms with van der Waals surface area (Å²) < 4.78 is 13.2. The van der Waals surface area contributed by atoms with Crippen molar-refractivity contribution in [3.8, 4) is 6.07 Å². The zero-order chi connectivity index (χ0) is 16.9. The van der Waals surface area contributed by atoms with Crippen LogP contribution in [0.3, 0.4) is 0 Å². The first-order chi connectivity index (χ1) is 11.0. The lowest BCUT2D eigenvalue weighted by Crippen LogP contribution is -2.29. The zero-order valence-electron chi connectivity index (χ0n) is 13.1. The van der Waals surface area contributed by atoms with Crippen LogP contribution >= 0.6 is 0 Å². The van der Waals surface area contributed by atoms with E-state index >= 15 is 0 Å². The quantitative estimate of drug-likeness (QED) is 0.856. The Morgan fingerprint density at radius 3 is 2.43 bits per heavy atom. The number of hydrogen-bond acceptors (Lipinski definition) is 3. The van der Waals surface area contributed by atoms with Crippen LogP contribution in [0.5, 0.6) is 0 Å². The lowest BCUT2D eigenvalue weighted by atomic mass is 9.79. The Morgan fingerprint density at radius 2 is 1.87 bits per heavy atom. The smallest absolute Gasteiger partial charge is 0.123 e. The third-order valence-corrected chi connectivity index (χ3v) is 4.06. The number of aliphatic hydroxyl groups is 2. The van der Waals surface area contributed by atoms with Gasteiger partial charge in [0.25, 0.3) is 0 Å². The van der Waals surface area contributed by atoms with Gasteiger partial charge in [0.15, 0.2) is 0 Å². The average molecular weight is 313 g/mol. The Labute approximate surface area is 135 Å². The molecule has 3 nitrogen and oxygen atoms in total. The van der Waals surface area contributed by atoms with Crippen LogP contribution < -0.4 is 0 Å². The number of nitriles is 1. The molecule has 4 heteroatoms. The lowest BCUT2D eigenvalue weighted by molar-refractivity contribution is 0.0660. The predicted octanol–water partition coefficient (Wildman–Crippen LogP) is 3.62. The summed E-state index contributed by atoms with van der Waals surface area (Å²) in [7, 11) is 0. The molecule has 2 aromatic carbocycles. The van der Waals surface area contributed by atoms with Crippen LogP contribution in [0.1, 0.15) is 48.4 Å². The Morgan fingerprint density at radius 1 is 1.17 bits per heavy atom. The van der Waals surface area contributed by atoms with Crippen molar-refractivity contribution < 1.29 is 14.6 Å². The van der Waals surface area contributed by atoms with Crippen molar-refractivity contribution in [1.29, 1.82) is 5.26 Å². The molecule has 2 rings (SSSR count). The van der Waals surface area contributed by atoms with E-state index in [1.54, 1.807) is 30.3 Å². The van der Waals surface area contributed by atoms with Gasteiger partial charge in [-0.05, 0) is 47.4 Å². The molecule has 0 aliphatic carbocycles. The summed E-state index contributed by atoms with van der Waals surface area (Å²) in [6.45, 7) is 1.75. The van der Waals surface area contributed by atoms with Crippen LogP contribution in [-0.4, -0.2) is 10.2 Å². The van der Waals surface area contributed by atoms with Gasteiger partial charge >= 0.3 is 0 Å². The molecule has 1 atom stereocenters. The van der Waals surface area contributed by atoms with E-state index in [0.717, 1.165) is 12.8 Å². The van der Waals surface area contributed by atoms with E-state index in [9.17, 15) is 14.6 Å². The molecule has 0 aliphatic heterocycles. The van der Waals surface area contributed by atoms with Crippen molar-refractivity contribution in [2.45, 2.75) is 38.4 Å². The molecular weight excluding hydrogens is 293 g/mol. The first-order valence-electron chi connectivity index (χ1n) is 7.68. The highest BCUT2D eigenvalue weighted by molar-refractivity contribution is 5.45. The molecule has 0 aromatic heterocycles. The van der Waals surface area contributed by atoms with Gasteiger partial charge in [0.05, 0.1) is 18.2 Å². The molecule has 0 unspecified atom stereocenters. The minimum absolute atomic E-state index is 0.277. The van der Waals surface area contributed by atoms with Crippen LogP contribution in [0.15, 0.2) is 42.5 Å². The van der Waals surface area contributed by atoms with Crippen LogP contribution in [-0.2, 0) is 12.2 Å². The van der Waals surface area contributed by atoms with Crippen molar-refractivity contribution in [2.24, 2.45) is 0 Å². The highest BCUT2D eigenvalue weighted by Crippen LogP contribution is 2.37. The van der Waals surface area contributed by atoms with E-state index in [2.05, 4.69) is 0 Å². The normalized spacial score (nSPS) is 13.3. The van der Waals surface area contributed by atoms with Crippen molar-refractivity contribution >= 4 is 0 Å². The molecule has 0 bridgehead atoms. The summed E-state index contributed by atoms with van der Waals surface area (Å²) >= 11 is 0. The molecule has 120 valence electrons. The van der Waals surface area contributed by atoms with Crippen LogP contribution in [0.25, 0.3) is 0 Å². The first-order valence-corrected chi connectivity index (χ1v) is 7.68. The molecule has 0 spiro atoms. The standard InChI is InChI=1S/C19H20FNO2/c1-2-3-10-19(23,16-5-7-17(20)8-6-16)18-9-4-14(12-21)11-15(18)13-22/h4-9,11,22-23H,2-3,10,13H2,1H3/t19-/m1/s1. The summed E-state index contributed by atoms with van der Waals surface area (Å²) in [5, 5.41) is 30.0. The van der Waals surface area contributed by atoms with E-state index in [0.29, 0.717) is 28.7 Å². The van der Waals surface area contributed by atoms with Gasteiger partial charge in [-0.2, -0.15) is 5.26 Å². The fourth-order valence-electron chi connectivity index (χ4n) is 2.79. The Kier molecular flexibility index (Phi) is 5.49. The lowest BCUT2D eigenvalue weighted by Gasteiger charge is -2.31. The number of hydrogen-bond donors (Lipinski definition) is 2. The van der Waals surface area contributed by atoms with E-state index < -0.39 is 5.60 Å². The summed E-state index contributed by atoms with van der Waals surface area (Å²) in [5.74, 6) is -0.367. The van der Waals surface area contributed by atoms with Crippen molar-refractivity contribution in [3.63, 3.8) is 0 Å². The molecule has 0 fully saturated rings. The predicted molar refractivity (Wildman–Crippen MR) is 86.0 cm³/mol. The Balaban J connectivity index is 2.58. The maximum absolute atomic E-state index is 13.2. The summed E-state index contributed by atoms with van der Waals surface area (Å²) in [6, 6.07) is 12.6. The van der Waals surface area contributed by atoms with Gasteiger partial charge in [-0.25, -0.2) is 4.39 Å². The van der Waals surface area contributed by atoms with E-state index in [-0.39, 0.29) is 12.4 Å². The number of benzene rings is 2. The summed E-state index contributed by atoms with van der Waals surface area (Å²) in [5.41, 5.74) is 0.739. The fourth-order valence-corrected chi connectivity index (χ4v) is 2.79. The SMILES string of the molecule is CCCC[C@@](O)(c1ccc(F)cc1)c1ccc(C#N)cc1CO. The Hall–Kier alpha value is -2.22. The molecule has 23 heavy (non-hydrogen) atoms. The molecule has 0 saturated carbocycles. The van der Waals surface area contributed by atoms with E-state index in [4.69, 9.17) is 5.26 Å². The van der Waals surface area contributed by atoms with Gasteiger partial charge in [0.2, 0.25) is 0 Å². The summed E-state index contributed by atoms with van der Waals surface area (Å²) in [4.78, 5) is 0. The third-order valence-electron chi connectivity index (χ3n) is 4.06. The maximum Gasteiger partial charge on any atom is 0.123 e. The molecular formula is C19H20FNO2. The molecule has 0 amide bonds. The minimum Gasteiger partial charge on any atom is -0.392 e. The highest BCUT2D eigenvalue weighted by atomic mass is 19.1. The number of unbranched alkanes of at least 4 members (excludes halogenated alkanes) is 1. The van der Waals surface area contributed by atoms with Gasteiger partial charge in [-0.15, -0.1) is 0 Å². The number of rotatable bonds is 6. The van der Waals surface area contributed by atoms with Crippen molar-refractivity contribution in [2.75, 3.05) is 0 Å². The molecule has 0 radical (unpaired) electrons. The largest absolute Gasteiger partial charge is 0.392 e. The van der Waals surface area contributed by atoms with E-state index in [1.165, 1.54) is 12.1 Å². The number of halogens is 1. The maximum atomic E-state index is 13.2. The zero-order valence-corrected chi connectivity index (χ0v) is 13.1. The molecule has 0 heterocycles. The van der Waals surface area contributed by atoms with E-state index in [1.807, 2.05) is 13.0 Å². The van der Waals surface area contributed by atoms with Crippen LogP contribution in [0.2, 0.25) is 0 Å². The second kappa shape index (κ2) is 7.36. The monoisotopic (exact) mass is 313 g/mol. The van der Waals surface area contributed by atoms with Crippen LogP contribution in [0, 0.1) is 17.1 Å². The molecule has 0 aliphatic rings. The van der Waals surface area contributed by atoms with Gasteiger partial charge in [0, 0.05) is 0 Å². The van der Waals surface area contributed by atoms with Gasteiger partial charge in [-0.3, -0.25) is 0 Å². The first kappa shape index (κ1) is 17.1.